The zero-order chi connectivity index (χ0) is 14.9. The fraction of sp³-hybridized carbons (Fsp3) is 0.133. The molecule has 0 aliphatic heterocycles. The summed E-state index contributed by atoms with van der Waals surface area (Å²) in [5.41, 5.74) is 3.44. The number of nitrogens with one attached hydrogen (secondary N) is 1. The Bertz CT molecular complexity index is 663. The summed E-state index contributed by atoms with van der Waals surface area (Å²) < 4.78 is 1.63. The lowest BCUT2D eigenvalue weighted by Crippen LogP contribution is -2.13. The van der Waals surface area contributed by atoms with Crippen LogP contribution in [0.5, 0.6) is 0 Å². The highest BCUT2D eigenvalue weighted by Crippen LogP contribution is 2.29. The molecule has 2 aromatic rings. The molecule has 0 aliphatic rings. The van der Waals surface area contributed by atoms with E-state index in [1.165, 1.54) is 0 Å². The molecule has 0 atom stereocenters. The molecular weight excluding hydrogens is 405 g/mol. The summed E-state index contributed by atoms with van der Waals surface area (Å²) in [6, 6.07) is 9.11. The van der Waals surface area contributed by atoms with Gasteiger partial charge in [-0.15, -0.1) is 0 Å². The standard InChI is InChI=1S/C15H12Br2ClNO/c1-8-5-9(2)14(12(17)6-8)19-15(20)10-3-4-11(16)13(18)7-10/h3-7H,1-2H3,(H,19,20). The van der Waals surface area contributed by atoms with E-state index in [4.69, 9.17) is 11.6 Å². The Morgan fingerprint density at radius 3 is 2.40 bits per heavy atom. The van der Waals surface area contributed by atoms with Crippen molar-refractivity contribution in [3.05, 3.63) is 61.0 Å². The minimum absolute atomic E-state index is 0.188. The fourth-order valence-corrected chi connectivity index (χ4v) is 3.10. The first kappa shape index (κ1) is 15.5. The van der Waals surface area contributed by atoms with Gasteiger partial charge in [-0.2, -0.15) is 0 Å². The van der Waals surface area contributed by atoms with Crippen LogP contribution in [0.25, 0.3) is 0 Å². The zero-order valence-corrected chi connectivity index (χ0v) is 14.9. The molecule has 0 bridgehead atoms. The quantitative estimate of drug-likeness (QED) is 0.664. The van der Waals surface area contributed by atoms with Crippen molar-refractivity contribution in [1.29, 1.82) is 0 Å². The Morgan fingerprint density at radius 2 is 1.80 bits per heavy atom. The van der Waals surface area contributed by atoms with Gasteiger partial charge >= 0.3 is 0 Å². The van der Waals surface area contributed by atoms with Gasteiger partial charge < -0.3 is 5.32 Å². The molecule has 0 radical (unpaired) electrons. The van der Waals surface area contributed by atoms with Gasteiger partial charge in [0.1, 0.15) is 0 Å². The molecule has 2 rings (SSSR count). The van der Waals surface area contributed by atoms with Crippen LogP contribution in [0.4, 0.5) is 5.69 Å². The van der Waals surface area contributed by atoms with E-state index in [9.17, 15) is 4.79 Å². The van der Waals surface area contributed by atoms with Crippen LogP contribution in [0.3, 0.4) is 0 Å². The lowest BCUT2D eigenvalue weighted by atomic mass is 10.1. The van der Waals surface area contributed by atoms with Crippen molar-refractivity contribution in [2.75, 3.05) is 5.32 Å². The van der Waals surface area contributed by atoms with Crippen molar-refractivity contribution >= 4 is 55.1 Å². The third-order valence-electron chi connectivity index (χ3n) is 2.85. The number of carbonyl (C=O) groups excluding carboxylic acids is 1. The molecule has 1 amide bonds. The Balaban J connectivity index is 2.30. The molecule has 0 heterocycles. The summed E-state index contributed by atoms with van der Waals surface area (Å²) in [7, 11) is 0. The van der Waals surface area contributed by atoms with Gasteiger partial charge in [0, 0.05) is 14.5 Å². The second kappa shape index (κ2) is 6.29. The topological polar surface area (TPSA) is 29.1 Å². The van der Waals surface area contributed by atoms with Gasteiger partial charge in [0.25, 0.3) is 5.91 Å². The van der Waals surface area contributed by atoms with Crippen LogP contribution < -0.4 is 5.32 Å². The number of rotatable bonds is 2. The molecular formula is C15H12Br2ClNO. The number of amides is 1. The minimum atomic E-state index is -0.188. The highest BCUT2D eigenvalue weighted by atomic mass is 79.9. The van der Waals surface area contributed by atoms with Gasteiger partial charge in [-0.25, -0.2) is 0 Å². The lowest BCUT2D eigenvalue weighted by Gasteiger charge is -2.12. The molecule has 2 nitrogen and oxygen atoms in total. The van der Waals surface area contributed by atoms with E-state index in [2.05, 4.69) is 37.2 Å². The molecule has 0 saturated heterocycles. The predicted molar refractivity (Wildman–Crippen MR) is 90.7 cm³/mol. The first-order chi connectivity index (χ1) is 9.38. The Labute approximate surface area is 139 Å². The molecule has 0 spiro atoms. The molecule has 0 fully saturated rings. The predicted octanol–water partition coefficient (Wildman–Crippen LogP) is 5.73. The van der Waals surface area contributed by atoms with Crippen molar-refractivity contribution in [2.24, 2.45) is 0 Å². The molecule has 0 aromatic heterocycles. The number of benzene rings is 2. The Hall–Kier alpha value is -0.840. The van der Waals surface area contributed by atoms with E-state index in [-0.39, 0.29) is 5.91 Å². The van der Waals surface area contributed by atoms with Crippen molar-refractivity contribution < 1.29 is 4.79 Å². The second-order valence-electron chi connectivity index (χ2n) is 4.52. The number of aryl methyl sites for hydroxylation is 2. The van der Waals surface area contributed by atoms with Crippen LogP contribution in [0, 0.1) is 13.8 Å². The van der Waals surface area contributed by atoms with E-state index in [1.54, 1.807) is 18.2 Å². The van der Waals surface area contributed by atoms with Crippen molar-refractivity contribution in [1.82, 2.24) is 0 Å². The number of hydrogen-bond acceptors (Lipinski definition) is 1. The lowest BCUT2D eigenvalue weighted by molar-refractivity contribution is 0.102. The maximum absolute atomic E-state index is 12.3. The molecule has 2 aromatic carbocycles. The monoisotopic (exact) mass is 415 g/mol. The molecule has 5 heteroatoms. The average molecular weight is 418 g/mol. The zero-order valence-electron chi connectivity index (χ0n) is 10.9. The molecule has 1 N–H and O–H groups in total. The van der Waals surface area contributed by atoms with Crippen LogP contribution in [-0.4, -0.2) is 5.91 Å². The number of carbonyl (C=O) groups is 1. The summed E-state index contributed by atoms with van der Waals surface area (Å²) in [5.74, 6) is -0.188. The average Bonchev–Trinajstić information content (AvgIpc) is 2.36. The maximum Gasteiger partial charge on any atom is 0.255 e. The van der Waals surface area contributed by atoms with E-state index >= 15 is 0 Å². The maximum atomic E-state index is 12.3. The summed E-state index contributed by atoms with van der Waals surface area (Å²) in [5, 5.41) is 3.42. The summed E-state index contributed by atoms with van der Waals surface area (Å²) >= 11 is 12.8. The van der Waals surface area contributed by atoms with Crippen LogP contribution in [-0.2, 0) is 0 Å². The van der Waals surface area contributed by atoms with Crippen molar-refractivity contribution in [3.63, 3.8) is 0 Å². The first-order valence-electron chi connectivity index (χ1n) is 5.91. The van der Waals surface area contributed by atoms with Crippen molar-refractivity contribution in [2.45, 2.75) is 13.8 Å². The van der Waals surface area contributed by atoms with E-state index in [0.29, 0.717) is 10.6 Å². The number of halogens is 3. The molecule has 20 heavy (non-hydrogen) atoms. The summed E-state index contributed by atoms with van der Waals surface area (Å²) in [6.07, 6.45) is 0. The van der Waals surface area contributed by atoms with Gasteiger partial charge in [0.15, 0.2) is 0 Å². The SMILES string of the molecule is Cc1cc(C)c(NC(=O)c2ccc(Br)c(Cl)c2)c(Br)c1. The molecule has 0 aliphatic carbocycles. The van der Waals surface area contributed by atoms with E-state index < -0.39 is 0 Å². The number of anilines is 1. The summed E-state index contributed by atoms with van der Waals surface area (Å²) in [4.78, 5) is 12.3. The fourth-order valence-electron chi connectivity index (χ4n) is 1.90. The van der Waals surface area contributed by atoms with E-state index in [1.807, 2.05) is 26.0 Å². The normalized spacial score (nSPS) is 10.4. The van der Waals surface area contributed by atoms with Gasteiger partial charge in [-0.1, -0.05) is 17.7 Å². The second-order valence-corrected chi connectivity index (χ2v) is 6.64. The van der Waals surface area contributed by atoms with Gasteiger partial charge in [0.2, 0.25) is 0 Å². The van der Waals surface area contributed by atoms with Crippen LogP contribution >= 0.6 is 43.5 Å². The minimum Gasteiger partial charge on any atom is -0.321 e. The Morgan fingerprint density at radius 1 is 1.10 bits per heavy atom. The third-order valence-corrected chi connectivity index (χ3v) is 4.71. The Kier molecular flexibility index (Phi) is 4.89. The molecule has 104 valence electrons. The largest absolute Gasteiger partial charge is 0.321 e. The van der Waals surface area contributed by atoms with Gasteiger partial charge in [0.05, 0.1) is 10.7 Å². The third kappa shape index (κ3) is 3.43. The smallest absolute Gasteiger partial charge is 0.255 e. The van der Waals surface area contributed by atoms with Crippen LogP contribution in [0.2, 0.25) is 5.02 Å². The van der Waals surface area contributed by atoms with Gasteiger partial charge in [-0.3, -0.25) is 4.79 Å². The van der Waals surface area contributed by atoms with Crippen LogP contribution in [0.1, 0.15) is 21.5 Å². The van der Waals surface area contributed by atoms with E-state index in [0.717, 1.165) is 25.8 Å². The highest BCUT2D eigenvalue weighted by Gasteiger charge is 2.12. The summed E-state index contributed by atoms with van der Waals surface area (Å²) in [6.45, 7) is 3.97. The molecule has 0 saturated carbocycles. The number of hydrogen-bond donors (Lipinski definition) is 1. The molecule has 0 unspecified atom stereocenters. The van der Waals surface area contributed by atoms with Crippen molar-refractivity contribution in [3.8, 4) is 0 Å². The van der Waals surface area contributed by atoms with Gasteiger partial charge in [-0.05, 0) is 81.1 Å². The van der Waals surface area contributed by atoms with Crippen LogP contribution in [0.15, 0.2) is 39.3 Å². The highest BCUT2D eigenvalue weighted by molar-refractivity contribution is 9.11. The first-order valence-corrected chi connectivity index (χ1v) is 7.88.